The van der Waals surface area contributed by atoms with E-state index in [0.29, 0.717) is 21.2 Å². The van der Waals surface area contributed by atoms with Crippen molar-refractivity contribution >= 4 is 34.4 Å². The molecule has 0 aliphatic rings. The number of thioether (sulfide) groups is 1. The van der Waals surface area contributed by atoms with Crippen LogP contribution in [0.4, 0.5) is 0 Å². The second kappa shape index (κ2) is 11.8. The van der Waals surface area contributed by atoms with Gasteiger partial charge in [0.2, 0.25) is 0 Å². The number of rotatable bonds is 10. The van der Waals surface area contributed by atoms with Gasteiger partial charge in [-0.15, -0.1) is 0 Å². The summed E-state index contributed by atoms with van der Waals surface area (Å²) in [5.41, 5.74) is 0. The molecule has 100 valence electrons. The molecule has 0 rings (SSSR count). The van der Waals surface area contributed by atoms with Gasteiger partial charge in [0.25, 0.3) is 0 Å². The average molecular weight is 470 g/mol. The van der Waals surface area contributed by atoms with E-state index >= 15 is 0 Å². The van der Waals surface area contributed by atoms with Crippen molar-refractivity contribution in [2.75, 3.05) is 19.2 Å². The molecule has 0 aliphatic carbocycles. The average Bonchev–Trinajstić information content (AvgIpc) is 2.30. The molecule has 4 heteroatoms. The number of hydrogen-bond donors (Lipinski definition) is 1. The van der Waals surface area contributed by atoms with Crippen molar-refractivity contribution in [2.45, 2.75) is 45.4 Å². The molecule has 0 aromatic carbocycles. The van der Waals surface area contributed by atoms with Crippen molar-refractivity contribution in [3.8, 4) is 0 Å². The molecule has 0 bridgehead atoms. The van der Waals surface area contributed by atoms with Gasteiger partial charge in [-0.25, -0.2) is 0 Å². The molecule has 0 aliphatic heterocycles. The van der Waals surface area contributed by atoms with Crippen LogP contribution < -0.4 is 26.5 Å². The summed E-state index contributed by atoms with van der Waals surface area (Å²) in [4.78, 5) is 0. The van der Waals surface area contributed by atoms with Crippen LogP contribution >= 0.6 is 34.4 Å². The predicted molar refractivity (Wildman–Crippen MR) is 82.6 cm³/mol. The van der Waals surface area contributed by atoms with Crippen LogP contribution in [-0.4, -0.2) is 30.5 Å². The summed E-state index contributed by atoms with van der Waals surface area (Å²) >= 11 is 5.11. The number of nitrogens with one attached hydrogen (secondary N) is 1. The van der Waals surface area contributed by atoms with Crippen LogP contribution in [0.2, 0.25) is 0 Å². The molecular weight excluding hydrogens is 444 g/mol. The summed E-state index contributed by atoms with van der Waals surface area (Å²) < 4.78 is 2.83. The van der Waals surface area contributed by atoms with Crippen LogP contribution in [0.15, 0.2) is 0 Å². The third-order valence-electron chi connectivity index (χ3n) is 2.72. The fraction of sp³-hybridized carbons (Fsp3) is 1.00. The zero-order valence-corrected chi connectivity index (χ0v) is 16.1. The van der Waals surface area contributed by atoms with Crippen molar-refractivity contribution in [2.24, 2.45) is 5.92 Å². The van der Waals surface area contributed by atoms with E-state index in [2.05, 4.69) is 67.4 Å². The second-order valence-corrected chi connectivity index (χ2v) is 12.0. The third kappa shape index (κ3) is 8.80. The standard InChI is InChI=1S/C12H26I2NS/c1-5-10(3)8-16-11(4)12(15-6-2)7-14-9-13/h10-12,15H,5-9H2,1-4H3/q-1. The minimum absolute atomic E-state index is 0.422. The number of hydrogen-bond acceptors (Lipinski definition) is 2. The Hall–Kier alpha value is 1.77. The Bertz CT molecular complexity index is 158. The van der Waals surface area contributed by atoms with Crippen LogP contribution in [0.3, 0.4) is 0 Å². The molecule has 0 fully saturated rings. The summed E-state index contributed by atoms with van der Waals surface area (Å²) in [7, 11) is 0. The molecule has 0 aromatic rings. The Balaban J connectivity index is 3.89. The Morgan fingerprint density at radius 1 is 1.31 bits per heavy atom. The molecule has 0 saturated carbocycles. The summed E-state index contributed by atoms with van der Waals surface area (Å²) in [6.45, 7) is 10.4. The predicted octanol–water partition coefficient (Wildman–Crippen LogP) is 0.614. The van der Waals surface area contributed by atoms with Crippen LogP contribution in [0, 0.1) is 5.92 Å². The van der Waals surface area contributed by atoms with Gasteiger partial charge in [-0.2, -0.15) is 0 Å². The minimum atomic E-state index is 0.422. The first-order valence-corrected chi connectivity index (χ1v) is 11.7. The summed E-state index contributed by atoms with van der Waals surface area (Å²) in [6.07, 6.45) is 1.31. The zero-order chi connectivity index (χ0) is 12.4. The van der Waals surface area contributed by atoms with E-state index < -0.39 is 0 Å². The van der Waals surface area contributed by atoms with E-state index in [9.17, 15) is 0 Å². The van der Waals surface area contributed by atoms with Gasteiger partial charge < -0.3 is 0 Å². The van der Waals surface area contributed by atoms with Gasteiger partial charge in [-0.05, 0) is 0 Å². The summed E-state index contributed by atoms with van der Waals surface area (Å²) in [5, 5.41) is 4.44. The van der Waals surface area contributed by atoms with Crippen LogP contribution in [0.5, 0.6) is 0 Å². The van der Waals surface area contributed by atoms with Crippen molar-refractivity contribution in [1.82, 2.24) is 5.32 Å². The van der Waals surface area contributed by atoms with Gasteiger partial charge in [0, 0.05) is 0 Å². The van der Waals surface area contributed by atoms with Gasteiger partial charge in [0.15, 0.2) is 0 Å². The molecule has 16 heavy (non-hydrogen) atoms. The van der Waals surface area contributed by atoms with E-state index in [-0.39, 0.29) is 0 Å². The SMILES string of the molecule is CCNC(C[I-]CI)C(C)SCC(C)CC. The van der Waals surface area contributed by atoms with E-state index in [4.69, 9.17) is 0 Å². The van der Waals surface area contributed by atoms with Crippen molar-refractivity contribution in [1.29, 1.82) is 0 Å². The Labute approximate surface area is 130 Å². The van der Waals surface area contributed by atoms with Crippen LogP contribution in [0.25, 0.3) is 0 Å². The van der Waals surface area contributed by atoms with Gasteiger partial charge in [0.1, 0.15) is 0 Å². The molecule has 3 atom stereocenters. The monoisotopic (exact) mass is 470 g/mol. The van der Waals surface area contributed by atoms with Gasteiger partial charge in [-0.3, -0.25) is 0 Å². The summed E-state index contributed by atoms with van der Waals surface area (Å²) in [6, 6.07) is 0.752. The van der Waals surface area contributed by atoms with E-state index in [1.54, 1.807) is 0 Å². The molecule has 0 spiro atoms. The van der Waals surface area contributed by atoms with Crippen LogP contribution in [-0.2, 0) is 0 Å². The maximum absolute atomic E-state index is 3.66. The van der Waals surface area contributed by atoms with Gasteiger partial charge >= 0.3 is 131 Å². The van der Waals surface area contributed by atoms with Gasteiger partial charge in [-0.1, -0.05) is 0 Å². The third-order valence-corrected chi connectivity index (χ3v) is 9.05. The molecule has 0 saturated heterocycles. The topological polar surface area (TPSA) is 12.0 Å². The first-order valence-electron chi connectivity index (χ1n) is 6.10. The Morgan fingerprint density at radius 2 is 2.00 bits per heavy atom. The van der Waals surface area contributed by atoms with Crippen molar-refractivity contribution < 1.29 is 21.2 Å². The fourth-order valence-corrected chi connectivity index (χ4v) is 6.51. The molecule has 0 radical (unpaired) electrons. The number of halogens is 2. The number of alkyl halides is 3. The van der Waals surface area contributed by atoms with E-state index in [1.807, 2.05) is 0 Å². The molecule has 1 N–H and O–H groups in total. The molecule has 0 heterocycles. The molecule has 0 aromatic heterocycles. The molecule has 1 nitrogen and oxygen atoms in total. The quantitative estimate of drug-likeness (QED) is 0.371. The van der Waals surface area contributed by atoms with E-state index in [0.717, 1.165) is 23.8 Å². The Morgan fingerprint density at radius 3 is 2.50 bits per heavy atom. The maximum atomic E-state index is 3.66. The van der Waals surface area contributed by atoms with Crippen LogP contribution in [0.1, 0.15) is 34.1 Å². The fourth-order valence-electron chi connectivity index (χ4n) is 1.32. The second-order valence-electron chi connectivity index (χ2n) is 4.16. The van der Waals surface area contributed by atoms with Crippen molar-refractivity contribution in [3.63, 3.8) is 0 Å². The molecule has 3 unspecified atom stereocenters. The zero-order valence-electron chi connectivity index (χ0n) is 10.9. The first kappa shape index (κ1) is 17.8. The van der Waals surface area contributed by atoms with Gasteiger partial charge in [0.05, 0.1) is 0 Å². The van der Waals surface area contributed by atoms with Crippen molar-refractivity contribution in [3.05, 3.63) is 0 Å². The Kier molecular flexibility index (Phi) is 13.1. The molecular formula is C12H26I2NS-. The normalized spacial score (nSPS) is 17.3. The van der Waals surface area contributed by atoms with E-state index in [1.165, 1.54) is 19.0 Å². The molecule has 0 amide bonds. The summed E-state index contributed by atoms with van der Waals surface area (Å²) in [5.74, 6) is 2.19. The first-order chi connectivity index (χ1) is 7.65.